The van der Waals surface area contributed by atoms with Crippen molar-refractivity contribution in [2.24, 2.45) is 5.92 Å². The van der Waals surface area contributed by atoms with Gasteiger partial charge in [0, 0.05) is 32.6 Å². The summed E-state index contributed by atoms with van der Waals surface area (Å²) in [6.07, 6.45) is 5.69. The van der Waals surface area contributed by atoms with Gasteiger partial charge in [-0.2, -0.15) is 0 Å². The molecule has 6 nitrogen and oxygen atoms in total. The van der Waals surface area contributed by atoms with E-state index in [1.165, 1.54) is 0 Å². The Labute approximate surface area is 143 Å². The van der Waals surface area contributed by atoms with Gasteiger partial charge < -0.3 is 19.5 Å². The maximum absolute atomic E-state index is 12.7. The molecule has 1 aliphatic heterocycles. The molecule has 2 heterocycles. The van der Waals surface area contributed by atoms with Crippen LogP contribution in [0.15, 0.2) is 22.8 Å². The molecule has 2 fully saturated rings. The van der Waals surface area contributed by atoms with Crippen LogP contribution in [0.1, 0.15) is 51.3 Å². The first-order valence-electron chi connectivity index (χ1n) is 8.91. The number of amides is 3. The first-order valence-corrected chi connectivity index (χ1v) is 8.91. The van der Waals surface area contributed by atoms with Gasteiger partial charge in [-0.1, -0.05) is 0 Å². The van der Waals surface area contributed by atoms with Crippen LogP contribution in [-0.4, -0.2) is 47.4 Å². The summed E-state index contributed by atoms with van der Waals surface area (Å²) in [7, 11) is 0. The molecule has 6 heteroatoms. The van der Waals surface area contributed by atoms with Crippen LogP contribution in [0, 0.1) is 5.92 Å². The lowest BCUT2D eigenvalue weighted by atomic mass is 9.97. The number of nitrogens with one attached hydrogen (secondary N) is 1. The fraction of sp³-hybridized carbons (Fsp3) is 0.667. The molecule has 3 rings (SSSR count). The summed E-state index contributed by atoms with van der Waals surface area (Å²) in [4.78, 5) is 27.9. The van der Waals surface area contributed by atoms with Crippen LogP contribution in [0.4, 0.5) is 4.79 Å². The Morgan fingerprint density at radius 3 is 2.58 bits per heavy atom. The first kappa shape index (κ1) is 16.9. The van der Waals surface area contributed by atoms with Crippen LogP contribution >= 0.6 is 0 Å². The average Bonchev–Trinajstić information content (AvgIpc) is 3.25. The molecule has 1 saturated carbocycles. The second kappa shape index (κ2) is 7.28. The molecule has 0 spiro atoms. The predicted molar refractivity (Wildman–Crippen MR) is 90.4 cm³/mol. The number of hydrogen-bond acceptors (Lipinski definition) is 3. The highest BCUT2D eigenvalue weighted by atomic mass is 16.3. The lowest BCUT2D eigenvalue weighted by Crippen LogP contribution is -2.46. The van der Waals surface area contributed by atoms with Crippen LogP contribution in [0.5, 0.6) is 0 Å². The highest BCUT2D eigenvalue weighted by molar-refractivity contribution is 5.75. The van der Waals surface area contributed by atoms with E-state index < -0.39 is 0 Å². The molecular weight excluding hydrogens is 306 g/mol. The minimum absolute atomic E-state index is 0.00426. The molecule has 0 radical (unpaired) electrons. The van der Waals surface area contributed by atoms with Gasteiger partial charge in [-0.3, -0.25) is 4.79 Å². The van der Waals surface area contributed by atoms with Gasteiger partial charge in [0.25, 0.3) is 0 Å². The molecule has 0 bridgehead atoms. The molecule has 1 aliphatic carbocycles. The van der Waals surface area contributed by atoms with Crippen molar-refractivity contribution in [2.45, 2.75) is 51.6 Å². The number of furan rings is 1. The third kappa shape index (κ3) is 3.91. The average molecular weight is 333 g/mol. The second-order valence-corrected chi connectivity index (χ2v) is 6.97. The van der Waals surface area contributed by atoms with Crippen molar-refractivity contribution in [3.8, 4) is 0 Å². The Bertz CT molecular complexity index is 560. The third-order valence-electron chi connectivity index (χ3n) is 5.15. The summed E-state index contributed by atoms with van der Waals surface area (Å²) in [6.45, 7) is 5.91. The van der Waals surface area contributed by atoms with Gasteiger partial charge in [0.05, 0.1) is 12.3 Å². The van der Waals surface area contributed by atoms with E-state index in [2.05, 4.69) is 5.32 Å². The van der Waals surface area contributed by atoms with Gasteiger partial charge in [0.15, 0.2) is 0 Å². The number of hydrogen-bond donors (Lipinski definition) is 1. The Morgan fingerprint density at radius 1 is 1.33 bits per heavy atom. The van der Waals surface area contributed by atoms with Gasteiger partial charge in [-0.05, 0) is 50.7 Å². The molecule has 2 aliphatic rings. The number of likely N-dealkylation sites (tertiary alicyclic amines) is 1. The van der Waals surface area contributed by atoms with Crippen molar-refractivity contribution in [1.82, 2.24) is 15.1 Å². The van der Waals surface area contributed by atoms with Gasteiger partial charge >= 0.3 is 6.03 Å². The summed E-state index contributed by atoms with van der Waals surface area (Å²) >= 11 is 0. The molecule has 0 aromatic carbocycles. The largest absolute Gasteiger partial charge is 0.467 e. The SMILES string of the molecule is CC(=O)N1CCC(CNC(=O)N(C2CC2)[C@@H](C)c2ccco2)CC1. The monoisotopic (exact) mass is 333 g/mol. The molecule has 3 amide bonds. The van der Waals surface area contributed by atoms with E-state index in [0.29, 0.717) is 18.5 Å². The Morgan fingerprint density at radius 2 is 2.04 bits per heavy atom. The fourth-order valence-corrected chi connectivity index (χ4v) is 3.45. The number of piperidine rings is 1. The van der Waals surface area contributed by atoms with Gasteiger partial charge in [0.2, 0.25) is 5.91 Å². The van der Waals surface area contributed by atoms with Crippen LogP contribution in [0.25, 0.3) is 0 Å². The molecule has 1 aromatic heterocycles. The van der Waals surface area contributed by atoms with Crippen molar-refractivity contribution in [3.05, 3.63) is 24.2 Å². The van der Waals surface area contributed by atoms with E-state index in [0.717, 1.165) is 44.5 Å². The van der Waals surface area contributed by atoms with Gasteiger partial charge in [-0.25, -0.2) is 4.79 Å². The second-order valence-electron chi connectivity index (χ2n) is 6.97. The maximum atomic E-state index is 12.7. The number of rotatable bonds is 5. The van der Waals surface area contributed by atoms with Crippen molar-refractivity contribution >= 4 is 11.9 Å². The highest BCUT2D eigenvalue weighted by Gasteiger charge is 2.37. The van der Waals surface area contributed by atoms with Gasteiger partial charge in [0.1, 0.15) is 5.76 Å². The molecule has 1 saturated heterocycles. The summed E-state index contributed by atoms with van der Waals surface area (Å²) in [5.41, 5.74) is 0. The van der Waals surface area contributed by atoms with E-state index in [-0.39, 0.29) is 18.0 Å². The topological polar surface area (TPSA) is 65.8 Å². The molecule has 132 valence electrons. The summed E-state index contributed by atoms with van der Waals surface area (Å²) in [5, 5.41) is 3.10. The number of urea groups is 1. The number of carbonyl (C=O) groups is 2. The zero-order chi connectivity index (χ0) is 17.1. The molecule has 0 unspecified atom stereocenters. The fourth-order valence-electron chi connectivity index (χ4n) is 3.45. The predicted octanol–water partition coefficient (Wildman–Crippen LogP) is 2.77. The normalized spacial score (nSPS) is 19.8. The van der Waals surface area contributed by atoms with Crippen molar-refractivity contribution in [1.29, 1.82) is 0 Å². The summed E-state index contributed by atoms with van der Waals surface area (Å²) in [6, 6.07) is 4.05. The molecule has 1 aromatic rings. The summed E-state index contributed by atoms with van der Waals surface area (Å²) in [5.74, 6) is 1.42. The smallest absolute Gasteiger partial charge is 0.318 e. The van der Waals surface area contributed by atoms with Gasteiger partial charge in [-0.15, -0.1) is 0 Å². The highest BCUT2D eigenvalue weighted by Crippen LogP contribution is 2.34. The van der Waals surface area contributed by atoms with E-state index in [1.807, 2.05) is 28.9 Å². The first-order chi connectivity index (χ1) is 11.6. The lowest BCUT2D eigenvalue weighted by molar-refractivity contribution is -0.130. The Hall–Kier alpha value is -1.98. The minimum atomic E-state index is -0.0490. The lowest BCUT2D eigenvalue weighted by Gasteiger charge is -2.33. The minimum Gasteiger partial charge on any atom is -0.467 e. The van der Waals surface area contributed by atoms with Crippen LogP contribution in [-0.2, 0) is 4.79 Å². The van der Waals surface area contributed by atoms with E-state index in [9.17, 15) is 9.59 Å². The molecule has 1 N–H and O–H groups in total. The van der Waals surface area contributed by atoms with E-state index in [1.54, 1.807) is 13.2 Å². The third-order valence-corrected chi connectivity index (χ3v) is 5.15. The molecular formula is C18H27N3O3. The Kier molecular flexibility index (Phi) is 5.11. The zero-order valence-electron chi connectivity index (χ0n) is 14.5. The maximum Gasteiger partial charge on any atom is 0.318 e. The molecule has 24 heavy (non-hydrogen) atoms. The summed E-state index contributed by atoms with van der Waals surface area (Å²) < 4.78 is 5.47. The van der Waals surface area contributed by atoms with Crippen LogP contribution in [0.3, 0.4) is 0 Å². The van der Waals surface area contributed by atoms with Crippen molar-refractivity contribution in [2.75, 3.05) is 19.6 Å². The van der Waals surface area contributed by atoms with E-state index >= 15 is 0 Å². The number of carbonyl (C=O) groups excluding carboxylic acids is 2. The zero-order valence-corrected chi connectivity index (χ0v) is 14.5. The van der Waals surface area contributed by atoms with Crippen molar-refractivity contribution < 1.29 is 14.0 Å². The van der Waals surface area contributed by atoms with Crippen LogP contribution < -0.4 is 5.32 Å². The standard InChI is InChI=1S/C18H27N3O3/c1-13(17-4-3-11-24-17)21(16-5-6-16)18(23)19-12-15-7-9-20(10-8-15)14(2)22/h3-4,11,13,15-16H,5-10,12H2,1-2H3,(H,19,23)/t13-/m0/s1. The van der Waals surface area contributed by atoms with E-state index in [4.69, 9.17) is 4.42 Å². The Balaban J connectivity index is 1.51. The van der Waals surface area contributed by atoms with Crippen LogP contribution in [0.2, 0.25) is 0 Å². The number of nitrogens with zero attached hydrogens (tertiary/aromatic N) is 2. The molecule has 1 atom stereocenters. The quantitative estimate of drug-likeness (QED) is 0.901. The van der Waals surface area contributed by atoms with Crippen molar-refractivity contribution in [3.63, 3.8) is 0 Å².